The lowest BCUT2D eigenvalue weighted by Crippen LogP contribution is -2.33. The smallest absolute Gasteiger partial charge is 0.367 e. The van der Waals surface area contributed by atoms with Crippen molar-refractivity contribution in [3.05, 3.63) is 70.6 Å². The largest absolute Gasteiger partial charge is 0.416 e. The van der Waals surface area contributed by atoms with Crippen LogP contribution in [0.2, 0.25) is 0 Å². The van der Waals surface area contributed by atoms with E-state index in [2.05, 4.69) is 5.32 Å². The van der Waals surface area contributed by atoms with E-state index in [1.807, 2.05) is 18.2 Å². The van der Waals surface area contributed by atoms with Gasteiger partial charge >= 0.3 is 6.18 Å². The lowest BCUT2D eigenvalue weighted by atomic mass is 10.2. The first kappa shape index (κ1) is 18.1. The second kappa shape index (κ2) is 7.25. The third-order valence-corrected chi connectivity index (χ3v) is 4.51. The molecule has 1 heterocycles. The Kier molecular flexibility index (Phi) is 5.03. The molecule has 2 aromatic carbocycles. The van der Waals surface area contributed by atoms with E-state index in [9.17, 15) is 22.8 Å². The molecule has 0 unspecified atom stereocenters. The number of nitrogens with zero attached hydrogens (tertiary/aromatic N) is 1. The number of hydrogen-bond donors (Lipinski definition) is 1. The molecule has 0 spiro atoms. The Morgan fingerprint density at radius 2 is 1.77 bits per heavy atom. The molecule has 4 nitrogen and oxygen atoms in total. The lowest BCUT2D eigenvalue weighted by Gasteiger charge is -2.15. The summed E-state index contributed by atoms with van der Waals surface area (Å²) in [6, 6.07) is 13.6. The molecule has 26 heavy (non-hydrogen) atoms. The van der Waals surface area contributed by atoms with Gasteiger partial charge in [0.1, 0.15) is 0 Å². The van der Waals surface area contributed by atoms with Crippen LogP contribution in [-0.2, 0) is 11.0 Å². The van der Waals surface area contributed by atoms with Gasteiger partial charge in [-0.1, -0.05) is 36.4 Å². The van der Waals surface area contributed by atoms with Crippen molar-refractivity contribution in [2.45, 2.75) is 6.18 Å². The van der Waals surface area contributed by atoms with Crippen LogP contribution in [0.3, 0.4) is 0 Å². The van der Waals surface area contributed by atoms with Crippen molar-refractivity contribution in [1.29, 1.82) is 0 Å². The SMILES string of the molecule is O=C1S/C(=C\c2ccccc2)C(=O)N1CNc1cccc(C(F)(F)F)c1. The van der Waals surface area contributed by atoms with Crippen LogP contribution in [0.1, 0.15) is 11.1 Å². The molecule has 0 bridgehead atoms. The van der Waals surface area contributed by atoms with Crippen LogP contribution in [0.5, 0.6) is 0 Å². The molecule has 0 saturated carbocycles. The molecule has 1 aliphatic rings. The maximum absolute atomic E-state index is 12.7. The van der Waals surface area contributed by atoms with Gasteiger partial charge in [-0.15, -0.1) is 0 Å². The molecular formula is C18H13F3N2O2S. The number of carbonyl (C=O) groups excluding carboxylic acids is 2. The number of anilines is 1. The van der Waals surface area contributed by atoms with Gasteiger partial charge in [-0.05, 0) is 41.6 Å². The third kappa shape index (κ3) is 4.08. The highest BCUT2D eigenvalue weighted by atomic mass is 32.2. The van der Waals surface area contributed by atoms with Crippen molar-refractivity contribution in [1.82, 2.24) is 4.90 Å². The quantitative estimate of drug-likeness (QED) is 0.776. The van der Waals surface area contributed by atoms with E-state index in [-0.39, 0.29) is 17.3 Å². The molecule has 1 fully saturated rings. The topological polar surface area (TPSA) is 49.4 Å². The summed E-state index contributed by atoms with van der Waals surface area (Å²) in [5.74, 6) is -0.483. The highest BCUT2D eigenvalue weighted by Crippen LogP contribution is 2.33. The van der Waals surface area contributed by atoms with Crippen molar-refractivity contribution < 1.29 is 22.8 Å². The van der Waals surface area contributed by atoms with E-state index >= 15 is 0 Å². The molecule has 1 N–H and O–H groups in total. The molecule has 0 aromatic heterocycles. The molecule has 1 aliphatic heterocycles. The number of alkyl halides is 3. The minimum Gasteiger partial charge on any atom is -0.367 e. The summed E-state index contributed by atoms with van der Waals surface area (Å²) >= 11 is 0.798. The number of halogens is 3. The molecule has 0 aliphatic carbocycles. The first-order chi connectivity index (χ1) is 12.3. The Hall–Kier alpha value is -2.74. The fraction of sp³-hybridized carbons (Fsp3) is 0.111. The van der Waals surface area contributed by atoms with Crippen LogP contribution in [0, 0.1) is 0 Å². The summed E-state index contributed by atoms with van der Waals surface area (Å²) in [5, 5.41) is 2.21. The maximum Gasteiger partial charge on any atom is 0.416 e. The van der Waals surface area contributed by atoms with Gasteiger partial charge in [-0.25, -0.2) is 0 Å². The Bertz CT molecular complexity index is 866. The van der Waals surface area contributed by atoms with Crippen LogP contribution in [0.4, 0.5) is 23.7 Å². The average molecular weight is 378 g/mol. The van der Waals surface area contributed by atoms with Crippen molar-refractivity contribution in [3.63, 3.8) is 0 Å². The highest BCUT2D eigenvalue weighted by molar-refractivity contribution is 8.18. The zero-order valence-corrected chi connectivity index (χ0v) is 14.1. The van der Waals surface area contributed by atoms with Crippen LogP contribution in [0.15, 0.2) is 59.5 Å². The first-order valence-electron chi connectivity index (χ1n) is 7.56. The molecule has 2 aromatic rings. The number of carbonyl (C=O) groups is 2. The molecule has 1 saturated heterocycles. The van der Waals surface area contributed by atoms with Gasteiger partial charge in [0.2, 0.25) is 0 Å². The number of amides is 2. The van der Waals surface area contributed by atoms with Crippen molar-refractivity contribution in [3.8, 4) is 0 Å². The highest BCUT2D eigenvalue weighted by Gasteiger charge is 2.35. The number of thioether (sulfide) groups is 1. The second-order valence-electron chi connectivity index (χ2n) is 5.43. The first-order valence-corrected chi connectivity index (χ1v) is 8.38. The van der Waals surface area contributed by atoms with Crippen LogP contribution in [0.25, 0.3) is 6.08 Å². The van der Waals surface area contributed by atoms with E-state index in [4.69, 9.17) is 0 Å². The minimum atomic E-state index is -4.46. The van der Waals surface area contributed by atoms with Crippen LogP contribution in [-0.4, -0.2) is 22.7 Å². The molecular weight excluding hydrogens is 365 g/mol. The number of imide groups is 1. The molecule has 8 heteroatoms. The van der Waals surface area contributed by atoms with Crippen molar-refractivity contribution in [2.24, 2.45) is 0 Å². The Morgan fingerprint density at radius 1 is 1.04 bits per heavy atom. The summed E-state index contributed by atoms with van der Waals surface area (Å²) in [6.07, 6.45) is -2.85. The zero-order chi connectivity index (χ0) is 18.7. The van der Waals surface area contributed by atoms with E-state index in [1.54, 1.807) is 18.2 Å². The summed E-state index contributed by atoms with van der Waals surface area (Å²) in [4.78, 5) is 25.6. The second-order valence-corrected chi connectivity index (χ2v) is 6.43. The van der Waals surface area contributed by atoms with E-state index in [0.717, 1.165) is 34.4 Å². The van der Waals surface area contributed by atoms with Gasteiger partial charge < -0.3 is 5.32 Å². The summed E-state index contributed by atoms with van der Waals surface area (Å²) in [7, 11) is 0. The number of hydrogen-bond acceptors (Lipinski definition) is 4. The Morgan fingerprint density at radius 3 is 2.46 bits per heavy atom. The fourth-order valence-electron chi connectivity index (χ4n) is 2.31. The number of rotatable bonds is 4. The van der Waals surface area contributed by atoms with Gasteiger partial charge in [0, 0.05) is 5.69 Å². The van der Waals surface area contributed by atoms with Crippen molar-refractivity contribution >= 4 is 34.7 Å². The maximum atomic E-state index is 12.7. The normalized spacial score (nSPS) is 16.4. The average Bonchev–Trinajstić information content (AvgIpc) is 2.87. The Balaban J connectivity index is 1.70. The monoisotopic (exact) mass is 378 g/mol. The van der Waals surface area contributed by atoms with Crippen LogP contribution < -0.4 is 5.32 Å². The predicted molar refractivity (Wildman–Crippen MR) is 94.2 cm³/mol. The van der Waals surface area contributed by atoms with Crippen molar-refractivity contribution in [2.75, 3.05) is 12.0 Å². The van der Waals surface area contributed by atoms with Gasteiger partial charge in [0.25, 0.3) is 11.1 Å². The number of nitrogens with one attached hydrogen (secondary N) is 1. The lowest BCUT2D eigenvalue weighted by molar-refractivity contribution is -0.137. The van der Waals surface area contributed by atoms with Gasteiger partial charge in [-0.3, -0.25) is 14.5 Å². The molecule has 2 amide bonds. The van der Waals surface area contributed by atoms with E-state index in [1.165, 1.54) is 12.1 Å². The zero-order valence-electron chi connectivity index (χ0n) is 13.3. The molecule has 0 radical (unpaired) electrons. The van der Waals surface area contributed by atoms with E-state index < -0.39 is 22.9 Å². The summed E-state index contributed by atoms with van der Waals surface area (Å²) in [6.45, 7) is -0.210. The van der Waals surface area contributed by atoms with E-state index in [0.29, 0.717) is 0 Å². The Labute approximate surface area is 151 Å². The standard InChI is InChI=1S/C18H13F3N2O2S/c19-18(20,21)13-7-4-8-14(10-13)22-11-23-16(24)15(26-17(23)25)9-12-5-2-1-3-6-12/h1-10,22H,11H2/b15-9-. The number of benzene rings is 2. The summed E-state index contributed by atoms with van der Waals surface area (Å²) in [5.41, 5.74) is 0.148. The van der Waals surface area contributed by atoms with Crippen LogP contribution >= 0.6 is 11.8 Å². The predicted octanol–water partition coefficient (Wildman–Crippen LogP) is 4.81. The van der Waals surface area contributed by atoms with Gasteiger partial charge in [-0.2, -0.15) is 13.2 Å². The minimum absolute atomic E-state index is 0.172. The van der Waals surface area contributed by atoms with Gasteiger partial charge in [0.15, 0.2) is 0 Å². The molecule has 134 valence electrons. The molecule has 3 rings (SSSR count). The fourth-order valence-corrected chi connectivity index (χ4v) is 3.15. The summed E-state index contributed by atoms with van der Waals surface area (Å²) < 4.78 is 38.2. The van der Waals surface area contributed by atoms with Gasteiger partial charge in [0.05, 0.1) is 17.1 Å². The molecule has 0 atom stereocenters. The third-order valence-electron chi connectivity index (χ3n) is 3.60.